The van der Waals surface area contributed by atoms with Crippen LogP contribution in [0.5, 0.6) is 0 Å². The van der Waals surface area contributed by atoms with Gasteiger partial charge in [-0.15, -0.1) is 0 Å². The average Bonchev–Trinajstić information content (AvgIpc) is 4.35. The molecule has 0 aromatic carbocycles. The van der Waals surface area contributed by atoms with Crippen LogP contribution in [0.15, 0.2) is 38.0 Å². The minimum atomic E-state index is -4.73. The average molecular weight is 1230 g/mol. The highest BCUT2D eigenvalue weighted by molar-refractivity contribution is 8.07. The Morgan fingerprint density at radius 3 is 1.73 bits per heavy atom. The minimum Gasteiger partial charge on any atom is -0.394 e. The third-order valence-electron chi connectivity index (χ3n) is 12.7. The maximum absolute atomic E-state index is 12.6. The van der Waals surface area contributed by atoms with E-state index in [2.05, 4.69) is 44.9 Å². The largest absolute Gasteiger partial charge is 0.472 e. The molecule has 0 bridgehead atoms. The summed E-state index contributed by atoms with van der Waals surface area (Å²) >= 11 is 16.0. The zero-order valence-electron chi connectivity index (χ0n) is 40.0. The van der Waals surface area contributed by atoms with E-state index in [1.54, 1.807) is 0 Å². The lowest BCUT2D eigenvalue weighted by atomic mass is 9.89. The first-order valence-electron chi connectivity index (χ1n) is 22.9. The number of phosphoric acid groups is 1. The molecule has 4 aliphatic rings. The van der Waals surface area contributed by atoms with Crippen LogP contribution in [0.1, 0.15) is 31.5 Å². The van der Waals surface area contributed by atoms with Crippen molar-refractivity contribution >= 4 is 114 Å². The summed E-state index contributed by atoms with van der Waals surface area (Å²) in [6.45, 7) is -16.4. The number of rotatable bonds is 22. The molecule has 15 atom stereocenters. The first kappa shape index (κ1) is 57.7. The Labute approximate surface area is 453 Å². The van der Waals surface area contributed by atoms with Crippen molar-refractivity contribution in [2.24, 2.45) is 0 Å². The number of hydrogen-bond donors (Lipinski definition) is 10. The molecule has 10 rings (SSSR count). The normalized spacial score (nSPS) is 30.9. The molecule has 78 heavy (non-hydrogen) atoms. The Bertz CT molecular complexity index is 3370. The maximum atomic E-state index is 12.6. The highest BCUT2D eigenvalue weighted by atomic mass is 32.5. The minimum absolute atomic E-state index is 0.0105. The number of methoxy groups -OCH3 is 1. The molecular formula is C36H49N15O20P4S3. The van der Waals surface area contributed by atoms with Crippen molar-refractivity contribution in [3.8, 4) is 0 Å². The predicted molar refractivity (Wildman–Crippen MR) is 273 cm³/mol. The summed E-state index contributed by atoms with van der Waals surface area (Å²) in [5, 5.41) is 21.2. The van der Waals surface area contributed by atoms with Gasteiger partial charge in [0.2, 0.25) is 0 Å². The number of aromatic nitrogens is 12. The molecular weight excluding hydrogens is 1180 g/mol. The van der Waals surface area contributed by atoms with Crippen molar-refractivity contribution in [3.63, 3.8) is 0 Å². The number of aliphatic hydroxyl groups excluding tert-OH is 2. The monoisotopic (exact) mass is 1230 g/mol. The van der Waals surface area contributed by atoms with Gasteiger partial charge < -0.3 is 84.6 Å². The van der Waals surface area contributed by atoms with Crippen molar-refractivity contribution < 1.29 is 94.6 Å². The van der Waals surface area contributed by atoms with Crippen LogP contribution in [0.4, 0.5) is 17.5 Å². The van der Waals surface area contributed by atoms with Crippen molar-refractivity contribution in [2.75, 3.05) is 64.0 Å². The van der Waals surface area contributed by atoms with Crippen LogP contribution < -0.4 is 17.2 Å². The van der Waals surface area contributed by atoms with E-state index in [4.69, 9.17) is 113 Å². The second kappa shape index (κ2) is 22.7. The highest BCUT2D eigenvalue weighted by Gasteiger charge is 2.61. The van der Waals surface area contributed by atoms with Gasteiger partial charge in [-0.1, -0.05) is 0 Å². The molecule has 6 aromatic rings. The van der Waals surface area contributed by atoms with E-state index in [0.29, 0.717) is 6.42 Å². The number of hydrogen-bond acceptors (Lipinski definition) is 30. The summed E-state index contributed by atoms with van der Waals surface area (Å²) in [6, 6.07) is 0. The lowest BCUT2D eigenvalue weighted by Gasteiger charge is -2.39. The number of nitrogen functional groups attached to an aromatic ring is 3. The molecule has 4 fully saturated rings. The first-order chi connectivity index (χ1) is 37.0. The topological polar surface area (TPSA) is 478 Å². The van der Waals surface area contributed by atoms with Gasteiger partial charge in [0.1, 0.15) is 90.0 Å². The standard InChI is InChI=1S/C36H49N15O20P4S3/c1-60-22-17(8-63-72(54,55)62-6-4-52)67-34(50-14-47-19-28(38)41-11-44-31(19)50)24(22)71-74(58,77)64-7-16-21(53)23(33(66-16)49-13-46-18-27(37)40-10-43-30(18)49)70-75(59,78)65-9-36-3-2-5-61-26(36)25(69-73(56,57)76)35(68-36)51-15-48-20-29(39)42-12-45-32(20)51/h10-17,21-26,33-35,52-53H,2-9H2,1H3,(H,54,55)(H,58,77)(H,59,78)(H2,37,40,43)(H2,38,41,44)(H2,39,42,45)(H2,56,57,76)/t16-,17-,21+,22+,23?,24?,25?,26-,33-,34-,35-,36-,74?,75?/m1/s1. The Morgan fingerprint density at radius 2 is 1.18 bits per heavy atom. The van der Waals surface area contributed by atoms with E-state index in [0.717, 1.165) is 12.7 Å². The second-order valence-corrected chi connectivity index (χ2v) is 27.2. The SMILES string of the molecule is CO[C@@H]1C(OP(O)(=S)OC[C@H]2O[C@@H](n3cnc4c(N)ncnc43)C(OP(O)(=S)OC[C@]34CCCO[C@@H]3C(OP(O)(O)=S)[C@H](n3cnc5c(N)ncnc53)O4)[C@H]2O)[C@H](n2cnc3c(N)ncnc32)O[C@@H]1COP(=O)(O)OCCO. The van der Waals surface area contributed by atoms with E-state index in [1.807, 2.05) is 0 Å². The quantitative estimate of drug-likeness (QED) is 0.0358. The summed E-state index contributed by atoms with van der Waals surface area (Å²) in [5.41, 5.74) is 17.6. The van der Waals surface area contributed by atoms with Crippen LogP contribution in [-0.4, -0.2) is 194 Å². The Kier molecular flexibility index (Phi) is 16.8. The number of nitrogens with two attached hydrogens (primary N) is 3. The lowest BCUT2D eigenvalue weighted by Crippen LogP contribution is -2.51. The number of nitrogens with zero attached hydrogens (tertiary/aromatic N) is 12. The van der Waals surface area contributed by atoms with Crippen LogP contribution in [0, 0.1) is 0 Å². The van der Waals surface area contributed by atoms with Gasteiger partial charge in [-0.2, -0.15) is 0 Å². The van der Waals surface area contributed by atoms with Crippen molar-refractivity contribution in [2.45, 2.75) is 86.0 Å². The fraction of sp³-hybridized carbons (Fsp3) is 0.583. The molecule has 0 spiro atoms. The summed E-state index contributed by atoms with van der Waals surface area (Å²) in [4.78, 5) is 92.4. The van der Waals surface area contributed by atoms with Crippen LogP contribution in [0.3, 0.4) is 0 Å². The number of phosphoric ester groups is 1. The van der Waals surface area contributed by atoms with Gasteiger partial charge in [-0.05, 0) is 48.3 Å². The third kappa shape index (κ3) is 11.8. The molecule has 10 heterocycles. The van der Waals surface area contributed by atoms with Crippen molar-refractivity contribution in [1.82, 2.24) is 58.6 Å². The molecule has 42 heteroatoms. The fourth-order valence-electron chi connectivity index (χ4n) is 9.44. The number of fused-ring (bicyclic) bond motifs is 4. The van der Waals surface area contributed by atoms with E-state index in [9.17, 15) is 34.1 Å². The van der Waals surface area contributed by atoms with Crippen LogP contribution in [0.25, 0.3) is 33.5 Å². The number of anilines is 3. The molecule has 426 valence electrons. The summed E-state index contributed by atoms with van der Waals surface area (Å²) < 4.78 is 87.3. The lowest BCUT2D eigenvalue weighted by molar-refractivity contribution is -0.164. The Hall–Kier alpha value is -3.53. The molecule has 6 aromatic heterocycles. The Balaban J connectivity index is 0.895. The van der Waals surface area contributed by atoms with Crippen LogP contribution >= 0.6 is 28.0 Å². The summed E-state index contributed by atoms with van der Waals surface area (Å²) in [5.74, 6) is 0.0439. The van der Waals surface area contributed by atoms with Gasteiger partial charge >= 0.3 is 28.0 Å². The van der Waals surface area contributed by atoms with E-state index >= 15 is 0 Å². The van der Waals surface area contributed by atoms with Crippen molar-refractivity contribution in [1.29, 1.82) is 0 Å². The fourth-order valence-corrected chi connectivity index (χ4v) is 13.8. The highest BCUT2D eigenvalue weighted by Crippen LogP contribution is 2.57. The molecule has 4 aliphatic heterocycles. The third-order valence-corrected chi connectivity index (χ3v) is 17.6. The van der Waals surface area contributed by atoms with Gasteiger partial charge in [-0.3, -0.25) is 36.3 Å². The van der Waals surface area contributed by atoms with Crippen molar-refractivity contribution in [3.05, 3.63) is 38.0 Å². The first-order valence-corrected chi connectivity index (χ1v) is 32.2. The zero-order valence-corrected chi connectivity index (χ0v) is 46.0. The van der Waals surface area contributed by atoms with E-state index < -0.39 is 134 Å². The van der Waals surface area contributed by atoms with Gasteiger partial charge in [0, 0.05) is 13.7 Å². The molecule has 4 saturated heterocycles. The van der Waals surface area contributed by atoms with Crippen LogP contribution in [0.2, 0.25) is 0 Å². The molecule has 13 N–H and O–H groups in total. The van der Waals surface area contributed by atoms with Gasteiger partial charge in [0.05, 0.1) is 52.0 Å². The van der Waals surface area contributed by atoms with Crippen LogP contribution in [-0.2, 0) is 95.3 Å². The second-order valence-electron chi connectivity index (χ2n) is 17.6. The zero-order chi connectivity index (χ0) is 55.5. The van der Waals surface area contributed by atoms with Gasteiger partial charge in [0.25, 0.3) is 0 Å². The molecule has 0 amide bonds. The van der Waals surface area contributed by atoms with Gasteiger partial charge in [-0.25, -0.2) is 49.4 Å². The molecule has 0 aliphatic carbocycles. The number of imidazole rings is 3. The summed E-state index contributed by atoms with van der Waals surface area (Å²) in [6.07, 6.45) is -7.43. The Morgan fingerprint density at radius 1 is 0.667 bits per heavy atom. The van der Waals surface area contributed by atoms with Gasteiger partial charge in [0.15, 0.2) is 53.1 Å². The van der Waals surface area contributed by atoms with E-state index in [1.165, 1.54) is 46.1 Å². The number of aliphatic hydroxyl groups is 2. The van der Waals surface area contributed by atoms with E-state index in [-0.39, 0.29) is 64.0 Å². The smallest absolute Gasteiger partial charge is 0.394 e. The molecule has 6 unspecified atom stereocenters. The molecule has 0 radical (unpaired) electrons. The summed E-state index contributed by atoms with van der Waals surface area (Å²) in [7, 11) is -3.48. The number of ether oxygens (including phenoxy) is 5. The predicted octanol–water partition coefficient (Wildman–Crippen LogP) is -1.17. The maximum Gasteiger partial charge on any atom is 0.472 e. The molecule has 0 saturated carbocycles. The molecule has 35 nitrogen and oxygen atoms in total.